The number of ether oxygens (including phenoxy) is 1. The van der Waals surface area contributed by atoms with Gasteiger partial charge in [0.1, 0.15) is 5.75 Å². The monoisotopic (exact) mass is 538 g/mol. The summed E-state index contributed by atoms with van der Waals surface area (Å²) in [4.78, 5) is 0. The van der Waals surface area contributed by atoms with Crippen LogP contribution >= 0.6 is 0 Å². The molecule has 216 valence electrons. The molecule has 0 radical (unpaired) electrons. The van der Waals surface area contributed by atoms with E-state index in [-0.39, 0.29) is 0 Å². The highest BCUT2D eigenvalue weighted by atomic mass is 16.5. The van der Waals surface area contributed by atoms with Crippen LogP contribution in [0.4, 0.5) is 0 Å². The van der Waals surface area contributed by atoms with Crippen LogP contribution in [0, 0.1) is 11.8 Å². The van der Waals surface area contributed by atoms with Crippen molar-refractivity contribution in [3.63, 3.8) is 0 Å². The van der Waals surface area contributed by atoms with Crippen molar-refractivity contribution >= 4 is 0 Å². The van der Waals surface area contributed by atoms with Crippen molar-refractivity contribution in [2.75, 3.05) is 6.61 Å². The summed E-state index contributed by atoms with van der Waals surface area (Å²) in [5, 5.41) is 0. The maximum atomic E-state index is 6.57. The standard InChI is InChI=1S/C39H54O/c1-7-29(8-2)27-40-39-32(9-3)26-38(36(10-4)37(39)11-5)35-24-18-31(19-25-35)15-14-30-16-22-34(23-17-30)33-20-12-28(6)13-21-33/h16-19,22-26,28-29,33H,7-15,20-21,27H2,1-6H3. The Morgan fingerprint density at radius 2 is 1.27 bits per heavy atom. The zero-order chi connectivity index (χ0) is 28.5. The second kappa shape index (κ2) is 14.9. The third kappa shape index (κ3) is 7.39. The molecule has 0 heterocycles. The van der Waals surface area contributed by atoms with Crippen molar-refractivity contribution in [3.05, 3.63) is 88.0 Å². The number of hydrogen-bond donors (Lipinski definition) is 0. The Kier molecular flexibility index (Phi) is 11.3. The Morgan fingerprint density at radius 3 is 1.80 bits per heavy atom. The second-order valence-electron chi connectivity index (χ2n) is 12.3. The van der Waals surface area contributed by atoms with Gasteiger partial charge >= 0.3 is 0 Å². The van der Waals surface area contributed by atoms with E-state index in [4.69, 9.17) is 4.74 Å². The molecule has 1 nitrogen and oxygen atoms in total. The molecule has 0 saturated heterocycles. The molecule has 1 heteroatoms. The number of aryl methyl sites for hydroxylation is 3. The number of benzene rings is 3. The molecular formula is C39H54O. The zero-order valence-electron chi connectivity index (χ0n) is 26.3. The molecule has 0 unspecified atom stereocenters. The van der Waals surface area contributed by atoms with E-state index >= 15 is 0 Å². The molecule has 0 aliphatic heterocycles. The van der Waals surface area contributed by atoms with E-state index in [9.17, 15) is 0 Å². The molecule has 1 saturated carbocycles. The Labute approximate surface area is 245 Å². The van der Waals surface area contributed by atoms with Gasteiger partial charge in [-0.3, -0.25) is 0 Å². The van der Waals surface area contributed by atoms with E-state index in [1.165, 1.54) is 77.5 Å². The van der Waals surface area contributed by atoms with Crippen LogP contribution in [0.2, 0.25) is 0 Å². The van der Waals surface area contributed by atoms with E-state index in [1.54, 1.807) is 5.56 Å². The smallest absolute Gasteiger partial charge is 0.125 e. The third-order valence-corrected chi connectivity index (χ3v) is 9.71. The van der Waals surface area contributed by atoms with Gasteiger partial charge in [0.25, 0.3) is 0 Å². The summed E-state index contributed by atoms with van der Waals surface area (Å²) in [6.07, 6.45) is 13.1. The Balaban J connectivity index is 1.46. The largest absolute Gasteiger partial charge is 0.493 e. The lowest BCUT2D eigenvalue weighted by molar-refractivity contribution is 0.236. The van der Waals surface area contributed by atoms with Crippen LogP contribution in [0.25, 0.3) is 11.1 Å². The first-order valence-electron chi connectivity index (χ1n) is 16.5. The zero-order valence-corrected chi connectivity index (χ0v) is 26.3. The Bertz CT molecular complexity index is 1170. The van der Waals surface area contributed by atoms with E-state index in [0.29, 0.717) is 5.92 Å². The van der Waals surface area contributed by atoms with Gasteiger partial charge in [0.15, 0.2) is 0 Å². The van der Waals surface area contributed by atoms with E-state index in [0.717, 1.165) is 56.3 Å². The summed E-state index contributed by atoms with van der Waals surface area (Å²) in [5.41, 5.74) is 11.4. The number of hydrogen-bond acceptors (Lipinski definition) is 1. The van der Waals surface area contributed by atoms with Crippen LogP contribution in [-0.2, 0) is 32.1 Å². The van der Waals surface area contributed by atoms with Crippen LogP contribution in [0.3, 0.4) is 0 Å². The fourth-order valence-corrected chi connectivity index (χ4v) is 6.71. The SMILES string of the molecule is CCc1cc(-c2ccc(CCc3ccc(C4CCC(C)CC4)cc3)cc2)c(CC)c(CC)c1OCC(CC)CC. The van der Waals surface area contributed by atoms with Crippen LogP contribution in [-0.4, -0.2) is 6.61 Å². The molecule has 1 fully saturated rings. The van der Waals surface area contributed by atoms with Gasteiger partial charge in [0, 0.05) is 0 Å². The summed E-state index contributed by atoms with van der Waals surface area (Å²) >= 11 is 0. The Morgan fingerprint density at radius 1 is 0.700 bits per heavy atom. The second-order valence-corrected chi connectivity index (χ2v) is 12.3. The Hall–Kier alpha value is -2.54. The minimum Gasteiger partial charge on any atom is -0.493 e. The lowest BCUT2D eigenvalue weighted by Gasteiger charge is -2.26. The van der Waals surface area contributed by atoms with Crippen LogP contribution in [0.1, 0.15) is 119 Å². The molecule has 0 bridgehead atoms. The molecule has 0 spiro atoms. The van der Waals surface area contributed by atoms with E-state index in [1.807, 2.05) is 0 Å². The highest BCUT2D eigenvalue weighted by Gasteiger charge is 2.20. The summed E-state index contributed by atoms with van der Waals surface area (Å²) in [6.45, 7) is 14.6. The maximum Gasteiger partial charge on any atom is 0.125 e. The van der Waals surface area contributed by atoms with Crippen molar-refractivity contribution in [2.45, 2.75) is 118 Å². The maximum absolute atomic E-state index is 6.57. The highest BCUT2D eigenvalue weighted by Crippen LogP contribution is 2.38. The predicted molar refractivity (Wildman–Crippen MR) is 174 cm³/mol. The molecule has 3 aromatic carbocycles. The van der Waals surface area contributed by atoms with Gasteiger partial charge < -0.3 is 4.74 Å². The summed E-state index contributed by atoms with van der Waals surface area (Å²) in [6, 6.07) is 21.4. The van der Waals surface area contributed by atoms with Crippen molar-refractivity contribution in [3.8, 4) is 16.9 Å². The molecule has 0 amide bonds. The fraction of sp³-hybridized carbons (Fsp3) is 0.538. The van der Waals surface area contributed by atoms with Gasteiger partial charge in [-0.1, -0.05) is 116 Å². The molecule has 4 rings (SSSR count). The molecule has 3 aromatic rings. The predicted octanol–water partition coefficient (Wildman–Crippen LogP) is 10.9. The first-order chi connectivity index (χ1) is 19.5. The molecule has 40 heavy (non-hydrogen) atoms. The first-order valence-corrected chi connectivity index (χ1v) is 16.5. The molecule has 0 atom stereocenters. The van der Waals surface area contributed by atoms with E-state index in [2.05, 4.69) is 96.1 Å². The van der Waals surface area contributed by atoms with Crippen LogP contribution in [0.15, 0.2) is 54.6 Å². The van der Waals surface area contributed by atoms with Gasteiger partial charge in [-0.05, 0) is 113 Å². The van der Waals surface area contributed by atoms with Crippen molar-refractivity contribution in [1.82, 2.24) is 0 Å². The first kappa shape index (κ1) is 30.4. The van der Waals surface area contributed by atoms with Gasteiger partial charge in [-0.2, -0.15) is 0 Å². The molecule has 0 N–H and O–H groups in total. The summed E-state index contributed by atoms with van der Waals surface area (Å²) in [7, 11) is 0. The normalized spacial score (nSPS) is 17.4. The lowest BCUT2D eigenvalue weighted by atomic mass is 9.79. The molecule has 1 aliphatic rings. The molecule has 1 aliphatic carbocycles. The highest BCUT2D eigenvalue weighted by molar-refractivity contribution is 5.72. The van der Waals surface area contributed by atoms with Crippen LogP contribution < -0.4 is 4.74 Å². The topological polar surface area (TPSA) is 9.23 Å². The lowest BCUT2D eigenvalue weighted by Crippen LogP contribution is -2.13. The van der Waals surface area contributed by atoms with Gasteiger partial charge in [0.05, 0.1) is 6.61 Å². The van der Waals surface area contributed by atoms with Crippen molar-refractivity contribution in [1.29, 1.82) is 0 Å². The van der Waals surface area contributed by atoms with Gasteiger partial charge in [0.2, 0.25) is 0 Å². The van der Waals surface area contributed by atoms with Crippen LogP contribution in [0.5, 0.6) is 5.75 Å². The van der Waals surface area contributed by atoms with Crippen molar-refractivity contribution in [2.24, 2.45) is 11.8 Å². The summed E-state index contributed by atoms with van der Waals surface area (Å²) < 4.78 is 6.57. The van der Waals surface area contributed by atoms with Gasteiger partial charge in [-0.15, -0.1) is 0 Å². The minimum absolute atomic E-state index is 0.630. The summed E-state index contributed by atoms with van der Waals surface area (Å²) in [5.74, 6) is 3.48. The number of rotatable bonds is 13. The quantitative estimate of drug-likeness (QED) is 0.210. The van der Waals surface area contributed by atoms with E-state index < -0.39 is 0 Å². The minimum atomic E-state index is 0.630. The average Bonchev–Trinajstić information content (AvgIpc) is 3.00. The molecular weight excluding hydrogens is 484 g/mol. The third-order valence-electron chi connectivity index (χ3n) is 9.71. The van der Waals surface area contributed by atoms with Crippen molar-refractivity contribution < 1.29 is 4.74 Å². The fourth-order valence-electron chi connectivity index (χ4n) is 6.71. The molecule has 0 aromatic heterocycles. The average molecular weight is 539 g/mol. The van der Waals surface area contributed by atoms with Gasteiger partial charge in [-0.25, -0.2) is 0 Å².